The van der Waals surface area contributed by atoms with Gasteiger partial charge >= 0.3 is 0 Å². The molecule has 29 heavy (non-hydrogen) atoms. The van der Waals surface area contributed by atoms with Gasteiger partial charge in [-0.05, 0) is 30.7 Å². The van der Waals surface area contributed by atoms with E-state index in [-0.39, 0.29) is 18.2 Å². The second-order valence-electron chi connectivity index (χ2n) is 7.16. The Morgan fingerprint density at radius 3 is 2.66 bits per heavy atom. The lowest BCUT2D eigenvalue weighted by Crippen LogP contribution is -2.28. The van der Waals surface area contributed by atoms with E-state index in [0.29, 0.717) is 42.0 Å². The summed E-state index contributed by atoms with van der Waals surface area (Å²) < 4.78 is 12.2. The molecule has 2 aliphatic rings. The first-order valence-electron chi connectivity index (χ1n) is 9.39. The predicted molar refractivity (Wildman–Crippen MR) is 115 cm³/mol. The maximum absolute atomic E-state index is 12.8. The molecule has 0 aliphatic carbocycles. The van der Waals surface area contributed by atoms with Crippen molar-refractivity contribution in [2.24, 2.45) is 5.92 Å². The summed E-state index contributed by atoms with van der Waals surface area (Å²) in [5, 5.41) is 3.21. The average Bonchev–Trinajstić information content (AvgIpc) is 2.93. The highest BCUT2D eigenvalue weighted by Gasteiger charge is 2.35. The molecule has 1 unspecified atom stereocenters. The van der Waals surface area contributed by atoms with Crippen molar-refractivity contribution in [3.8, 4) is 11.5 Å². The zero-order valence-electron chi connectivity index (χ0n) is 15.8. The Hall–Kier alpha value is -2.25. The summed E-state index contributed by atoms with van der Waals surface area (Å²) in [4.78, 5) is 27.0. The van der Waals surface area contributed by atoms with Crippen LogP contribution in [0.15, 0.2) is 34.8 Å². The fourth-order valence-electron chi connectivity index (χ4n) is 3.44. The van der Waals surface area contributed by atoms with Gasteiger partial charge in [0.05, 0.1) is 29.8 Å². The summed E-state index contributed by atoms with van der Waals surface area (Å²) in [5.74, 6) is 0.344. The minimum Gasteiger partial charge on any atom is -0.490 e. The number of nitrogens with zero attached hydrogens (tertiary/aromatic N) is 1. The quantitative estimate of drug-likeness (QED) is 0.700. The van der Waals surface area contributed by atoms with Gasteiger partial charge in [-0.15, -0.1) is 0 Å². The molecule has 2 aromatic rings. The van der Waals surface area contributed by atoms with Crippen molar-refractivity contribution in [1.82, 2.24) is 0 Å². The minimum atomic E-state index is -0.460. The van der Waals surface area contributed by atoms with Gasteiger partial charge in [0.2, 0.25) is 11.8 Å². The van der Waals surface area contributed by atoms with E-state index >= 15 is 0 Å². The van der Waals surface area contributed by atoms with E-state index in [9.17, 15) is 9.59 Å². The van der Waals surface area contributed by atoms with Gasteiger partial charge in [0.25, 0.3) is 0 Å². The molecule has 1 N–H and O–H groups in total. The van der Waals surface area contributed by atoms with Crippen LogP contribution in [0.4, 0.5) is 11.4 Å². The third kappa shape index (κ3) is 4.21. The molecule has 1 atom stereocenters. The molecule has 2 aromatic carbocycles. The Kier molecular flexibility index (Phi) is 5.69. The van der Waals surface area contributed by atoms with Crippen LogP contribution < -0.4 is 19.7 Å². The van der Waals surface area contributed by atoms with E-state index in [1.54, 1.807) is 17.0 Å². The first-order valence-corrected chi connectivity index (χ1v) is 10.6. The lowest BCUT2D eigenvalue weighted by molar-refractivity contribution is -0.122. The highest BCUT2D eigenvalue weighted by Crippen LogP contribution is 2.38. The second-order valence-corrected chi connectivity index (χ2v) is 8.42. The number of nitrogens with one attached hydrogen (secondary N) is 1. The zero-order valence-corrected chi connectivity index (χ0v) is 18.2. The molecule has 1 saturated heterocycles. The van der Waals surface area contributed by atoms with Gasteiger partial charge in [0.15, 0.2) is 11.5 Å². The molecule has 6 nitrogen and oxygen atoms in total. The maximum Gasteiger partial charge on any atom is 0.229 e. The topological polar surface area (TPSA) is 67.9 Å². The van der Waals surface area contributed by atoms with E-state index in [2.05, 4.69) is 21.2 Å². The first kappa shape index (κ1) is 20.0. The zero-order chi connectivity index (χ0) is 20.5. The van der Waals surface area contributed by atoms with Crippen molar-refractivity contribution >= 4 is 50.7 Å². The van der Waals surface area contributed by atoms with Crippen LogP contribution in [0, 0.1) is 12.8 Å². The molecule has 8 heteroatoms. The number of carbonyl (C=O) groups is 2. The smallest absolute Gasteiger partial charge is 0.229 e. The van der Waals surface area contributed by atoms with Gasteiger partial charge in [0, 0.05) is 41.7 Å². The summed E-state index contributed by atoms with van der Waals surface area (Å²) in [6, 6.07) is 9.03. The molecule has 2 heterocycles. The first-order chi connectivity index (χ1) is 13.9. The predicted octanol–water partition coefficient (Wildman–Crippen LogP) is 4.56. The Morgan fingerprint density at radius 1 is 1.21 bits per heavy atom. The average molecular weight is 480 g/mol. The number of carbonyl (C=O) groups excluding carboxylic acids is 2. The van der Waals surface area contributed by atoms with E-state index in [1.165, 1.54) is 0 Å². The van der Waals surface area contributed by atoms with Crippen LogP contribution >= 0.6 is 27.5 Å². The van der Waals surface area contributed by atoms with Gasteiger partial charge in [-0.3, -0.25) is 9.59 Å². The molecule has 2 aliphatic heterocycles. The van der Waals surface area contributed by atoms with Crippen LogP contribution in [0.1, 0.15) is 18.4 Å². The molecule has 0 radical (unpaired) electrons. The van der Waals surface area contributed by atoms with E-state index < -0.39 is 5.92 Å². The monoisotopic (exact) mass is 478 g/mol. The third-order valence-electron chi connectivity index (χ3n) is 5.04. The Balaban J connectivity index is 1.49. The standard InChI is InChI=1S/C21H20BrClN2O4/c1-12-7-14(3-4-15(12)22)25-11-13(8-20(25)26)21(27)24-17-10-19-18(9-16(17)23)28-5-2-6-29-19/h3-4,7,9-10,13H,2,5-6,8,11H2,1H3,(H,24,27). The molecule has 0 aromatic heterocycles. The van der Waals surface area contributed by atoms with Crippen LogP contribution in [0.25, 0.3) is 0 Å². The largest absolute Gasteiger partial charge is 0.490 e. The molecule has 0 saturated carbocycles. The normalized spacial score (nSPS) is 18.5. The number of fused-ring (bicyclic) bond motifs is 1. The number of ether oxygens (including phenoxy) is 2. The fraction of sp³-hybridized carbons (Fsp3) is 0.333. The second kappa shape index (κ2) is 8.24. The van der Waals surface area contributed by atoms with Crippen LogP contribution in [0.3, 0.4) is 0 Å². The van der Waals surface area contributed by atoms with Gasteiger partial charge in [-0.2, -0.15) is 0 Å². The number of hydrogen-bond acceptors (Lipinski definition) is 4. The summed E-state index contributed by atoms with van der Waals surface area (Å²) in [6.07, 6.45) is 0.937. The lowest BCUT2D eigenvalue weighted by Gasteiger charge is -2.18. The number of benzene rings is 2. The highest BCUT2D eigenvalue weighted by atomic mass is 79.9. The Morgan fingerprint density at radius 2 is 1.93 bits per heavy atom. The Labute approximate surface area is 182 Å². The van der Waals surface area contributed by atoms with E-state index in [1.807, 2.05) is 25.1 Å². The number of hydrogen-bond donors (Lipinski definition) is 1. The van der Waals surface area contributed by atoms with Crippen LogP contribution in [-0.2, 0) is 9.59 Å². The number of halogens is 2. The van der Waals surface area contributed by atoms with Crippen molar-refractivity contribution in [3.05, 3.63) is 45.4 Å². The van der Waals surface area contributed by atoms with Crippen molar-refractivity contribution in [2.45, 2.75) is 19.8 Å². The summed E-state index contributed by atoms with van der Waals surface area (Å²) in [7, 11) is 0. The Bertz CT molecular complexity index is 981. The van der Waals surface area contributed by atoms with Crippen molar-refractivity contribution < 1.29 is 19.1 Å². The van der Waals surface area contributed by atoms with E-state index in [0.717, 1.165) is 22.1 Å². The maximum atomic E-state index is 12.8. The lowest BCUT2D eigenvalue weighted by atomic mass is 10.1. The van der Waals surface area contributed by atoms with E-state index in [4.69, 9.17) is 21.1 Å². The van der Waals surface area contributed by atoms with Crippen molar-refractivity contribution in [2.75, 3.05) is 30.0 Å². The SMILES string of the molecule is Cc1cc(N2CC(C(=O)Nc3cc4c(cc3Cl)OCCCO4)CC2=O)ccc1Br. The number of amides is 2. The van der Waals surface area contributed by atoms with Crippen LogP contribution in [0.5, 0.6) is 11.5 Å². The van der Waals surface area contributed by atoms with Gasteiger partial charge < -0.3 is 19.7 Å². The molecular weight excluding hydrogens is 460 g/mol. The number of aryl methyl sites for hydroxylation is 1. The van der Waals surface area contributed by atoms with Crippen LogP contribution in [0.2, 0.25) is 5.02 Å². The van der Waals surface area contributed by atoms with Crippen molar-refractivity contribution in [1.29, 1.82) is 0 Å². The summed E-state index contributed by atoms with van der Waals surface area (Å²) >= 11 is 9.78. The molecule has 2 amide bonds. The molecule has 152 valence electrons. The van der Waals surface area contributed by atoms with Crippen molar-refractivity contribution in [3.63, 3.8) is 0 Å². The van der Waals surface area contributed by atoms with Gasteiger partial charge in [-0.25, -0.2) is 0 Å². The summed E-state index contributed by atoms with van der Waals surface area (Å²) in [6.45, 7) is 3.39. The van der Waals surface area contributed by atoms with Crippen LogP contribution in [-0.4, -0.2) is 31.6 Å². The van der Waals surface area contributed by atoms with Gasteiger partial charge in [-0.1, -0.05) is 27.5 Å². The highest BCUT2D eigenvalue weighted by molar-refractivity contribution is 9.10. The third-order valence-corrected chi connectivity index (χ3v) is 6.25. The molecule has 0 spiro atoms. The molecular formula is C21H20BrClN2O4. The number of anilines is 2. The minimum absolute atomic E-state index is 0.0726. The molecule has 1 fully saturated rings. The fourth-order valence-corrected chi connectivity index (χ4v) is 3.89. The molecule has 4 rings (SSSR count). The van der Waals surface area contributed by atoms with Gasteiger partial charge in [0.1, 0.15) is 0 Å². The number of rotatable bonds is 3. The molecule has 0 bridgehead atoms. The summed E-state index contributed by atoms with van der Waals surface area (Å²) in [5.41, 5.74) is 2.27.